The molecule has 0 fully saturated rings. The van der Waals surface area contributed by atoms with Crippen molar-refractivity contribution >= 4 is 26.7 Å². The zero-order chi connectivity index (χ0) is 8.39. The van der Waals surface area contributed by atoms with Gasteiger partial charge < -0.3 is 0 Å². The van der Waals surface area contributed by atoms with Gasteiger partial charge in [0.15, 0.2) is 5.13 Å². The molecule has 0 aromatic carbocycles. The fourth-order valence-electron chi connectivity index (χ4n) is 0.849. The lowest BCUT2D eigenvalue weighted by Gasteiger charge is -1.80. The second-order valence-electron chi connectivity index (χ2n) is 2.03. The molecule has 2 aromatic heterocycles. The van der Waals surface area contributed by atoms with E-state index in [4.69, 9.17) is 5.53 Å². The summed E-state index contributed by atoms with van der Waals surface area (Å²) >= 11 is 1.35. The standard InChI is InChI=1S/C6H3N5S/c7-11-10-6-9-4-3-8-2-1-5(4)12-6/h1-3H. The summed E-state index contributed by atoms with van der Waals surface area (Å²) in [7, 11) is 0. The molecule has 0 bridgehead atoms. The van der Waals surface area contributed by atoms with Gasteiger partial charge in [0.05, 0.1) is 10.9 Å². The van der Waals surface area contributed by atoms with Gasteiger partial charge in [0.1, 0.15) is 5.52 Å². The summed E-state index contributed by atoms with van der Waals surface area (Å²) in [6.07, 6.45) is 3.32. The maximum absolute atomic E-state index is 8.15. The van der Waals surface area contributed by atoms with Crippen molar-refractivity contribution in [2.75, 3.05) is 0 Å². The molecule has 2 rings (SSSR count). The molecule has 58 valence electrons. The SMILES string of the molecule is [N-]=[N+]=Nc1nc2cnccc2s1. The predicted octanol–water partition coefficient (Wildman–Crippen LogP) is 2.63. The monoisotopic (exact) mass is 177 g/mol. The number of hydrogen-bond donors (Lipinski definition) is 0. The fourth-order valence-corrected chi connectivity index (χ4v) is 1.60. The molecular weight excluding hydrogens is 174 g/mol. The van der Waals surface area contributed by atoms with Crippen molar-refractivity contribution in [1.82, 2.24) is 9.97 Å². The van der Waals surface area contributed by atoms with E-state index in [2.05, 4.69) is 20.0 Å². The number of azide groups is 1. The summed E-state index contributed by atoms with van der Waals surface area (Å²) < 4.78 is 0.979. The molecule has 0 aliphatic heterocycles. The van der Waals surface area contributed by atoms with E-state index in [0.29, 0.717) is 5.13 Å². The summed E-state index contributed by atoms with van der Waals surface area (Å²) in [5.41, 5.74) is 8.92. The molecule has 0 radical (unpaired) electrons. The Kier molecular flexibility index (Phi) is 1.62. The molecule has 0 atom stereocenters. The Bertz CT molecular complexity index is 423. The molecule has 0 aliphatic carbocycles. The minimum atomic E-state index is 0.431. The molecule has 12 heavy (non-hydrogen) atoms. The molecular formula is C6H3N5S. The summed E-state index contributed by atoms with van der Waals surface area (Å²) in [5.74, 6) is 0. The third kappa shape index (κ3) is 1.09. The van der Waals surface area contributed by atoms with E-state index in [1.165, 1.54) is 11.3 Å². The quantitative estimate of drug-likeness (QED) is 0.381. The van der Waals surface area contributed by atoms with E-state index in [9.17, 15) is 0 Å². The highest BCUT2D eigenvalue weighted by Crippen LogP contribution is 2.26. The van der Waals surface area contributed by atoms with Crippen LogP contribution in [0.4, 0.5) is 5.13 Å². The summed E-state index contributed by atoms with van der Waals surface area (Å²) in [6, 6.07) is 1.84. The molecule has 0 saturated heterocycles. The van der Waals surface area contributed by atoms with Crippen molar-refractivity contribution in [3.05, 3.63) is 28.9 Å². The number of nitrogens with zero attached hydrogens (tertiary/aromatic N) is 5. The molecule has 2 heterocycles. The zero-order valence-corrected chi connectivity index (χ0v) is 6.69. The lowest BCUT2D eigenvalue weighted by molar-refractivity contribution is 1.32. The Balaban J connectivity index is 2.69. The summed E-state index contributed by atoms with van der Waals surface area (Å²) in [4.78, 5) is 10.6. The average molecular weight is 177 g/mol. The lowest BCUT2D eigenvalue weighted by atomic mass is 10.5. The third-order valence-corrected chi connectivity index (χ3v) is 2.23. The second-order valence-corrected chi connectivity index (χ2v) is 3.04. The number of hydrogen-bond acceptors (Lipinski definition) is 4. The first-order valence-corrected chi connectivity index (χ1v) is 3.97. The Morgan fingerprint density at radius 1 is 1.58 bits per heavy atom. The van der Waals surface area contributed by atoms with Gasteiger partial charge in [-0.05, 0) is 16.7 Å². The minimum absolute atomic E-state index is 0.431. The number of fused-ring (bicyclic) bond motifs is 1. The van der Waals surface area contributed by atoms with E-state index in [0.717, 1.165) is 10.2 Å². The van der Waals surface area contributed by atoms with Crippen molar-refractivity contribution in [2.24, 2.45) is 5.11 Å². The van der Waals surface area contributed by atoms with Gasteiger partial charge in [-0.1, -0.05) is 0 Å². The molecule has 2 aromatic rings. The summed E-state index contributed by atoms with van der Waals surface area (Å²) in [5, 5.41) is 3.84. The number of pyridine rings is 1. The maximum atomic E-state index is 8.15. The third-order valence-electron chi connectivity index (χ3n) is 1.31. The molecule has 0 unspecified atom stereocenters. The van der Waals surface area contributed by atoms with Crippen LogP contribution in [0.5, 0.6) is 0 Å². The molecule has 5 nitrogen and oxygen atoms in total. The first kappa shape index (κ1) is 7.02. The van der Waals surface area contributed by atoms with Gasteiger partial charge in [0.2, 0.25) is 0 Å². The molecule has 0 amide bonds. The minimum Gasteiger partial charge on any atom is -0.262 e. The average Bonchev–Trinajstić information content (AvgIpc) is 2.47. The van der Waals surface area contributed by atoms with Crippen molar-refractivity contribution in [1.29, 1.82) is 0 Å². The summed E-state index contributed by atoms with van der Waals surface area (Å²) in [6.45, 7) is 0. The van der Waals surface area contributed by atoms with E-state index < -0.39 is 0 Å². The highest BCUT2D eigenvalue weighted by molar-refractivity contribution is 7.21. The van der Waals surface area contributed by atoms with Crippen LogP contribution in [0.25, 0.3) is 20.7 Å². The first-order chi connectivity index (χ1) is 5.90. The van der Waals surface area contributed by atoms with Crippen LogP contribution in [0, 0.1) is 0 Å². The van der Waals surface area contributed by atoms with Gasteiger partial charge in [-0.3, -0.25) is 4.98 Å². The Morgan fingerprint density at radius 2 is 2.50 bits per heavy atom. The van der Waals surface area contributed by atoms with Gasteiger partial charge in [-0.15, -0.1) is 11.3 Å². The zero-order valence-electron chi connectivity index (χ0n) is 5.88. The van der Waals surface area contributed by atoms with Crippen LogP contribution in [0.1, 0.15) is 0 Å². The number of thiazole rings is 1. The molecule has 0 N–H and O–H groups in total. The first-order valence-electron chi connectivity index (χ1n) is 3.16. The van der Waals surface area contributed by atoms with Crippen LogP contribution in [0.3, 0.4) is 0 Å². The van der Waals surface area contributed by atoms with E-state index in [1.54, 1.807) is 12.4 Å². The van der Waals surface area contributed by atoms with Gasteiger partial charge in [0.25, 0.3) is 0 Å². The highest BCUT2D eigenvalue weighted by atomic mass is 32.1. The lowest BCUT2D eigenvalue weighted by Crippen LogP contribution is -1.68. The van der Waals surface area contributed by atoms with Crippen molar-refractivity contribution in [3.63, 3.8) is 0 Å². The van der Waals surface area contributed by atoms with E-state index in [1.807, 2.05) is 6.07 Å². The number of rotatable bonds is 1. The Morgan fingerprint density at radius 3 is 3.25 bits per heavy atom. The van der Waals surface area contributed by atoms with Crippen LogP contribution in [0.2, 0.25) is 0 Å². The normalized spacial score (nSPS) is 9.67. The van der Waals surface area contributed by atoms with Gasteiger partial charge in [-0.2, -0.15) is 0 Å². The molecule has 6 heteroatoms. The largest absolute Gasteiger partial charge is 0.262 e. The Labute approximate surface area is 71.3 Å². The van der Waals surface area contributed by atoms with Gasteiger partial charge >= 0.3 is 0 Å². The van der Waals surface area contributed by atoms with Crippen LogP contribution in [0.15, 0.2) is 23.6 Å². The smallest absolute Gasteiger partial charge is 0.181 e. The Hall–Kier alpha value is -1.65. The van der Waals surface area contributed by atoms with Gasteiger partial charge in [0, 0.05) is 11.1 Å². The van der Waals surface area contributed by atoms with Crippen molar-refractivity contribution in [2.45, 2.75) is 0 Å². The number of aromatic nitrogens is 2. The van der Waals surface area contributed by atoms with Gasteiger partial charge in [-0.25, -0.2) is 4.98 Å². The second kappa shape index (κ2) is 2.77. The van der Waals surface area contributed by atoms with Crippen LogP contribution < -0.4 is 0 Å². The molecule has 0 aliphatic rings. The van der Waals surface area contributed by atoms with Crippen LogP contribution >= 0.6 is 11.3 Å². The topological polar surface area (TPSA) is 74.5 Å². The van der Waals surface area contributed by atoms with E-state index >= 15 is 0 Å². The maximum Gasteiger partial charge on any atom is 0.181 e. The highest BCUT2D eigenvalue weighted by Gasteiger charge is 1.99. The van der Waals surface area contributed by atoms with Crippen LogP contribution in [-0.4, -0.2) is 9.97 Å². The molecule has 0 spiro atoms. The van der Waals surface area contributed by atoms with E-state index in [-0.39, 0.29) is 0 Å². The van der Waals surface area contributed by atoms with Crippen LogP contribution in [-0.2, 0) is 0 Å². The van der Waals surface area contributed by atoms with Crippen molar-refractivity contribution in [3.8, 4) is 0 Å². The van der Waals surface area contributed by atoms with Crippen molar-refractivity contribution < 1.29 is 0 Å². The predicted molar refractivity (Wildman–Crippen MR) is 46.2 cm³/mol. The molecule has 0 saturated carbocycles. The fraction of sp³-hybridized carbons (Fsp3) is 0.